The minimum absolute atomic E-state index is 0.433. The van der Waals surface area contributed by atoms with Crippen molar-refractivity contribution in [3.05, 3.63) is 29.0 Å². The number of aryl methyl sites for hydroxylation is 1. The number of thiophene rings is 1. The van der Waals surface area contributed by atoms with Crippen molar-refractivity contribution < 1.29 is 0 Å². The topological polar surface area (TPSA) is 40.7 Å². The molecule has 98 valence electrons. The third-order valence-corrected chi connectivity index (χ3v) is 4.11. The van der Waals surface area contributed by atoms with Gasteiger partial charge in [0, 0.05) is 18.2 Å². The lowest BCUT2D eigenvalue weighted by Crippen LogP contribution is -2.22. The summed E-state index contributed by atoms with van der Waals surface area (Å²) < 4.78 is 0. The number of likely N-dealkylation sites (N-methyl/N-ethyl adjacent to an activating group) is 1. The van der Waals surface area contributed by atoms with Gasteiger partial charge in [0.1, 0.15) is 11.5 Å². The van der Waals surface area contributed by atoms with Gasteiger partial charge in [-0.05, 0) is 31.3 Å². The van der Waals surface area contributed by atoms with Crippen LogP contribution in [0, 0.1) is 12.8 Å². The van der Waals surface area contributed by atoms with Crippen LogP contribution in [0.3, 0.4) is 0 Å². The quantitative estimate of drug-likeness (QED) is 0.868. The van der Waals surface area contributed by atoms with Crippen molar-refractivity contribution in [1.29, 1.82) is 0 Å². The Hall–Kier alpha value is -1.13. The lowest BCUT2D eigenvalue weighted by Gasteiger charge is -2.17. The normalized spacial score (nSPS) is 13.2. The van der Waals surface area contributed by atoms with Gasteiger partial charge in [-0.2, -0.15) is 0 Å². The summed E-state index contributed by atoms with van der Waals surface area (Å²) >= 11 is 1.74. The predicted octanol–water partition coefficient (Wildman–Crippen LogP) is 3.41. The first-order valence-corrected chi connectivity index (χ1v) is 7.26. The van der Waals surface area contributed by atoms with Crippen molar-refractivity contribution in [3.63, 3.8) is 0 Å². The van der Waals surface area contributed by atoms with Gasteiger partial charge in [-0.3, -0.25) is 0 Å². The molecule has 1 unspecified atom stereocenters. The van der Waals surface area contributed by atoms with Crippen LogP contribution in [0.5, 0.6) is 0 Å². The molecule has 0 aliphatic rings. The molecule has 0 radical (unpaired) electrons. The van der Waals surface area contributed by atoms with Crippen LogP contribution in [0.15, 0.2) is 17.5 Å². The minimum Gasteiger partial charge on any atom is -0.345 e. The molecular weight excluding hydrogens is 242 g/mol. The fraction of sp³-hybridized carbons (Fsp3) is 0.500. The molecule has 2 aromatic heterocycles. The maximum atomic E-state index is 4.81. The van der Waals surface area contributed by atoms with Crippen molar-refractivity contribution in [3.8, 4) is 10.6 Å². The molecule has 2 rings (SSSR count). The van der Waals surface area contributed by atoms with E-state index in [1.54, 1.807) is 11.3 Å². The van der Waals surface area contributed by atoms with E-state index >= 15 is 0 Å². The van der Waals surface area contributed by atoms with Gasteiger partial charge >= 0.3 is 0 Å². The van der Waals surface area contributed by atoms with Crippen LogP contribution in [-0.4, -0.2) is 23.6 Å². The third kappa shape index (κ3) is 2.65. The van der Waals surface area contributed by atoms with Gasteiger partial charge in [-0.15, -0.1) is 11.3 Å². The second kappa shape index (κ2) is 5.67. The van der Waals surface area contributed by atoms with Crippen molar-refractivity contribution in [1.82, 2.24) is 15.3 Å². The summed E-state index contributed by atoms with van der Waals surface area (Å²) in [6.07, 6.45) is 0. The zero-order chi connectivity index (χ0) is 13.1. The van der Waals surface area contributed by atoms with Gasteiger partial charge < -0.3 is 10.3 Å². The molecule has 3 nitrogen and oxygen atoms in total. The molecule has 0 spiro atoms. The number of H-pyrrole nitrogens is 1. The Bertz CT molecular complexity index is 485. The largest absolute Gasteiger partial charge is 0.345 e. The van der Waals surface area contributed by atoms with Crippen LogP contribution in [0.2, 0.25) is 0 Å². The standard InChI is InChI=1S/C14H21N3S/c1-9(2)11(8-15-4)14-16-10(3)13(17-14)12-6-5-7-18-12/h5-7,9,11,15H,8H2,1-4H3,(H,16,17). The Kier molecular flexibility index (Phi) is 4.19. The molecule has 0 saturated carbocycles. The highest BCUT2D eigenvalue weighted by molar-refractivity contribution is 7.13. The summed E-state index contributed by atoms with van der Waals surface area (Å²) in [4.78, 5) is 9.50. The molecule has 2 aromatic rings. The van der Waals surface area contributed by atoms with E-state index < -0.39 is 0 Å². The Morgan fingerprint density at radius 3 is 2.78 bits per heavy atom. The number of nitrogens with zero attached hydrogens (tertiary/aromatic N) is 1. The summed E-state index contributed by atoms with van der Waals surface area (Å²) in [7, 11) is 1.99. The molecule has 0 fully saturated rings. The zero-order valence-corrected chi connectivity index (χ0v) is 12.3. The SMILES string of the molecule is CNCC(c1nc(-c2cccs2)c(C)[nH]1)C(C)C. The van der Waals surface area contributed by atoms with E-state index in [0.29, 0.717) is 11.8 Å². The van der Waals surface area contributed by atoms with Gasteiger partial charge in [0.05, 0.1) is 4.88 Å². The number of imidazole rings is 1. The van der Waals surface area contributed by atoms with E-state index in [4.69, 9.17) is 4.98 Å². The molecule has 0 amide bonds. The predicted molar refractivity (Wildman–Crippen MR) is 78.1 cm³/mol. The highest BCUT2D eigenvalue weighted by atomic mass is 32.1. The Labute approximate surface area is 113 Å². The van der Waals surface area contributed by atoms with Gasteiger partial charge in [-0.25, -0.2) is 4.98 Å². The molecule has 0 saturated heterocycles. The summed E-state index contributed by atoms with van der Waals surface area (Å²) in [6.45, 7) is 7.53. The average Bonchev–Trinajstić information content (AvgIpc) is 2.94. The molecule has 4 heteroatoms. The summed E-state index contributed by atoms with van der Waals surface area (Å²) in [5.74, 6) is 2.10. The molecule has 18 heavy (non-hydrogen) atoms. The number of aromatic nitrogens is 2. The van der Waals surface area contributed by atoms with E-state index in [1.807, 2.05) is 7.05 Å². The van der Waals surface area contributed by atoms with Crippen LogP contribution in [0.4, 0.5) is 0 Å². The smallest absolute Gasteiger partial charge is 0.111 e. The Morgan fingerprint density at radius 2 is 2.22 bits per heavy atom. The van der Waals surface area contributed by atoms with E-state index in [2.05, 4.69) is 48.6 Å². The molecule has 2 N–H and O–H groups in total. The van der Waals surface area contributed by atoms with Gasteiger partial charge in [0.15, 0.2) is 0 Å². The van der Waals surface area contributed by atoms with Crippen molar-refractivity contribution in [2.75, 3.05) is 13.6 Å². The first-order chi connectivity index (χ1) is 8.63. The maximum Gasteiger partial charge on any atom is 0.111 e. The maximum absolute atomic E-state index is 4.81. The van der Waals surface area contributed by atoms with Gasteiger partial charge in [-0.1, -0.05) is 19.9 Å². The summed E-state index contributed by atoms with van der Waals surface area (Å²) in [6, 6.07) is 4.20. The van der Waals surface area contributed by atoms with Crippen LogP contribution < -0.4 is 5.32 Å². The van der Waals surface area contributed by atoms with Crippen molar-refractivity contribution in [2.45, 2.75) is 26.7 Å². The molecule has 0 aromatic carbocycles. The first-order valence-electron chi connectivity index (χ1n) is 6.38. The van der Waals surface area contributed by atoms with Gasteiger partial charge in [0.25, 0.3) is 0 Å². The highest BCUT2D eigenvalue weighted by Crippen LogP contribution is 2.29. The molecule has 0 aliphatic heterocycles. The first kappa shape index (κ1) is 13.3. The monoisotopic (exact) mass is 263 g/mol. The van der Waals surface area contributed by atoms with Crippen molar-refractivity contribution in [2.24, 2.45) is 5.92 Å². The second-order valence-corrected chi connectivity index (χ2v) is 5.93. The molecule has 0 bridgehead atoms. The number of nitrogens with one attached hydrogen (secondary N) is 2. The summed E-state index contributed by atoms with van der Waals surface area (Å²) in [5, 5.41) is 5.35. The summed E-state index contributed by atoms with van der Waals surface area (Å²) in [5.41, 5.74) is 2.26. The molecule has 1 atom stereocenters. The van der Waals surface area contributed by atoms with E-state index in [9.17, 15) is 0 Å². The van der Waals surface area contributed by atoms with E-state index in [-0.39, 0.29) is 0 Å². The average molecular weight is 263 g/mol. The Morgan fingerprint density at radius 1 is 1.44 bits per heavy atom. The molecular formula is C14H21N3S. The zero-order valence-electron chi connectivity index (χ0n) is 11.4. The molecule has 2 heterocycles. The lowest BCUT2D eigenvalue weighted by atomic mass is 9.95. The Balaban J connectivity index is 2.33. The van der Waals surface area contributed by atoms with Crippen molar-refractivity contribution >= 4 is 11.3 Å². The van der Waals surface area contributed by atoms with Crippen LogP contribution in [-0.2, 0) is 0 Å². The lowest BCUT2D eigenvalue weighted by molar-refractivity contribution is 0.461. The number of hydrogen-bond donors (Lipinski definition) is 2. The fourth-order valence-electron chi connectivity index (χ4n) is 2.18. The highest BCUT2D eigenvalue weighted by Gasteiger charge is 2.20. The second-order valence-electron chi connectivity index (χ2n) is 4.98. The third-order valence-electron chi connectivity index (χ3n) is 3.24. The minimum atomic E-state index is 0.433. The number of hydrogen-bond acceptors (Lipinski definition) is 3. The van der Waals surface area contributed by atoms with Crippen LogP contribution in [0.1, 0.15) is 31.3 Å². The van der Waals surface area contributed by atoms with E-state index in [1.165, 1.54) is 4.88 Å². The van der Waals surface area contributed by atoms with E-state index in [0.717, 1.165) is 23.8 Å². The molecule has 0 aliphatic carbocycles. The number of rotatable bonds is 5. The number of aromatic amines is 1. The van der Waals surface area contributed by atoms with Crippen LogP contribution in [0.25, 0.3) is 10.6 Å². The van der Waals surface area contributed by atoms with Gasteiger partial charge in [0.2, 0.25) is 0 Å². The van der Waals surface area contributed by atoms with Crippen LogP contribution >= 0.6 is 11.3 Å². The fourth-order valence-corrected chi connectivity index (χ4v) is 2.95.